The summed E-state index contributed by atoms with van der Waals surface area (Å²) in [4.78, 5) is 25.8. The number of piperazine rings is 1. The standard InChI is InChI=1S/C26H34N6O4S/c1-26(2,3)36-25(33)32-17-15-31(16-18-32)24-28-22-8-6-5-7-21(22)23(29-24)27-14-13-19-9-11-20(12-10-19)30-37(4,34)35/h5-12,30H,13-18H2,1-4H3,(H,27,28,29). The first-order chi connectivity index (χ1) is 17.5. The lowest BCUT2D eigenvalue weighted by atomic mass is 10.1. The van der Waals surface area contributed by atoms with Gasteiger partial charge in [0.25, 0.3) is 0 Å². The van der Waals surface area contributed by atoms with E-state index in [1.54, 1.807) is 17.0 Å². The number of rotatable bonds is 7. The third kappa shape index (κ3) is 7.45. The summed E-state index contributed by atoms with van der Waals surface area (Å²) in [5, 5.41) is 4.38. The van der Waals surface area contributed by atoms with Crippen molar-refractivity contribution in [3.8, 4) is 0 Å². The number of fused-ring (bicyclic) bond motifs is 1. The Balaban J connectivity index is 1.42. The van der Waals surface area contributed by atoms with Gasteiger partial charge in [0.15, 0.2) is 0 Å². The van der Waals surface area contributed by atoms with E-state index in [0.29, 0.717) is 44.4 Å². The number of sulfonamides is 1. The summed E-state index contributed by atoms with van der Waals surface area (Å²) in [7, 11) is -3.30. The van der Waals surface area contributed by atoms with E-state index in [2.05, 4.69) is 14.9 Å². The molecule has 0 radical (unpaired) electrons. The van der Waals surface area contributed by atoms with Gasteiger partial charge in [0.1, 0.15) is 11.4 Å². The molecule has 0 spiro atoms. The zero-order chi connectivity index (χ0) is 26.6. The number of para-hydroxylation sites is 1. The van der Waals surface area contributed by atoms with Gasteiger partial charge in [-0.3, -0.25) is 4.72 Å². The van der Waals surface area contributed by atoms with Crippen molar-refractivity contribution in [1.82, 2.24) is 14.9 Å². The second-order valence-electron chi connectivity index (χ2n) is 10.1. The molecule has 2 heterocycles. The van der Waals surface area contributed by atoms with Crippen molar-refractivity contribution in [1.29, 1.82) is 0 Å². The van der Waals surface area contributed by atoms with Gasteiger partial charge < -0.3 is 19.9 Å². The maximum Gasteiger partial charge on any atom is 0.410 e. The molecule has 11 heteroatoms. The van der Waals surface area contributed by atoms with E-state index in [4.69, 9.17) is 14.7 Å². The number of carbonyl (C=O) groups is 1. The van der Waals surface area contributed by atoms with Crippen molar-refractivity contribution >= 4 is 44.5 Å². The molecule has 0 unspecified atom stereocenters. The average Bonchev–Trinajstić information content (AvgIpc) is 2.83. The Bertz CT molecular complexity index is 1350. The molecule has 0 bridgehead atoms. The summed E-state index contributed by atoms with van der Waals surface area (Å²) < 4.78 is 30.8. The van der Waals surface area contributed by atoms with Gasteiger partial charge in [0.05, 0.1) is 11.8 Å². The molecule has 2 N–H and O–H groups in total. The normalized spacial score (nSPS) is 14.5. The third-order valence-corrected chi connectivity index (χ3v) is 6.38. The van der Waals surface area contributed by atoms with Crippen LogP contribution in [0.1, 0.15) is 26.3 Å². The Labute approximate surface area is 218 Å². The topological polar surface area (TPSA) is 117 Å². The number of hydrogen-bond donors (Lipinski definition) is 2. The van der Waals surface area contributed by atoms with Gasteiger partial charge in [-0.05, 0) is 57.0 Å². The minimum atomic E-state index is -3.30. The number of aromatic nitrogens is 2. The molecule has 0 saturated carbocycles. The van der Waals surface area contributed by atoms with Crippen LogP contribution in [0.5, 0.6) is 0 Å². The predicted octanol–water partition coefficient (Wildman–Crippen LogP) is 3.71. The SMILES string of the molecule is CC(C)(C)OC(=O)N1CCN(c2nc(NCCc3ccc(NS(C)(=O)=O)cc3)c3ccccc3n2)CC1. The second kappa shape index (κ2) is 10.8. The van der Waals surface area contributed by atoms with Crippen LogP contribution in [-0.2, 0) is 21.2 Å². The zero-order valence-electron chi connectivity index (χ0n) is 21.7. The fourth-order valence-electron chi connectivity index (χ4n) is 4.03. The predicted molar refractivity (Wildman–Crippen MR) is 147 cm³/mol. The number of amides is 1. The number of ether oxygens (including phenoxy) is 1. The van der Waals surface area contributed by atoms with Crippen molar-refractivity contribution < 1.29 is 17.9 Å². The van der Waals surface area contributed by atoms with Crippen LogP contribution < -0.4 is 14.9 Å². The van der Waals surface area contributed by atoms with Crippen molar-refractivity contribution in [2.75, 3.05) is 53.9 Å². The van der Waals surface area contributed by atoms with E-state index in [1.807, 2.05) is 57.2 Å². The number of hydrogen-bond acceptors (Lipinski definition) is 8. The molecule has 0 aliphatic carbocycles. The van der Waals surface area contributed by atoms with Gasteiger partial charge in [0.2, 0.25) is 16.0 Å². The fraction of sp³-hybridized carbons (Fsp3) is 0.423. The molecule has 4 rings (SSSR count). The van der Waals surface area contributed by atoms with E-state index in [-0.39, 0.29) is 6.09 Å². The van der Waals surface area contributed by atoms with Crippen molar-refractivity contribution in [2.45, 2.75) is 32.8 Å². The molecule has 1 aliphatic heterocycles. The summed E-state index contributed by atoms with van der Waals surface area (Å²) in [5.41, 5.74) is 1.94. The van der Waals surface area contributed by atoms with E-state index in [9.17, 15) is 13.2 Å². The lowest BCUT2D eigenvalue weighted by Gasteiger charge is -2.35. The molecule has 10 nitrogen and oxygen atoms in total. The number of benzene rings is 2. The lowest BCUT2D eigenvalue weighted by Crippen LogP contribution is -2.50. The Morgan fingerprint density at radius 3 is 2.32 bits per heavy atom. The molecule has 1 aliphatic rings. The van der Waals surface area contributed by atoms with Crippen molar-refractivity contribution in [3.63, 3.8) is 0 Å². The van der Waals surface area contributed by atoms with Crippen LogP contribution in [0.15, 0.2) is 48.5 Å². The summed E-state index contributed by atoms with van der Waals surface area (Å²) in [5.74, 6) is 1.38. The summed E-state index contributed by atoms with van der Waals surface area (Å²) in [6, 6.07) is 15.2. The molecule has 0 atom stereocenters. The quantitative estimate of drug-likeness (QED) is 0.479. The van der Waals surface area contributed by atoms with Crippen molar-refractivity contribution in [3.05, 3.63) is 54.1 Å². The minimum Gasteiger partial charge on any atom is -0.444 e. The molecular weight excluding hydrogens is 492 g/mol. The first kappa shape index (κ1) is 26.5. The first-order valence-electron chi connectivity index (χ1n) is 12.3. The number of nitrogens with one attached hydrogen (secondary N) is 2. The van der Waals surface area contributed by atoms with E-state index in [1.165, 1.54) is 0 Å². The molecule has 2 aromatic carbocycles. The maximum absolute atomic E-state index is 12.4. The number of carbonyl (C=O) groups excluding carboxylic acids is 1. The molecule has 1 aromatic heterocycles. The molecule has 3 aromatic rings. The highest BCUT2D eigenvalue weighted by Gasteiger charge is 2.27. The maximum atomic E-state index is 12.4. The molecular formula is C26H34N6O4S. The van der Waals surface area contributed by atoms with Crippen LogP contribution in [0.25, 0.3) is 10.9 Å². The number of anilines is 3. The number of nitrogens with zero attached hydrogens (tertiary/aromatic N) is 4. The minimum absolute atomic E-state index is 0.297. The Kier molecular flexibility index (Phi) is 7.72. The molecule has 198 valence electrons. The fourth-order valence-corrected chi connectivity index (χ4v) is 4.60. The molecule has 1 amide bonds. The van der Waals surface area contributed by atoms with Crippen molar-refractivity contribution in [2.24, 2.45) is 0 Å². The monoisotopic (exact) mass is 526 g/mol. The summed E-state index contributed by atoms with van der Waals surface area (Å²) in [6.07, 6.45) is 1.57. The van der Waals surface area contributed by atoms with Gasteiger partial charge >= 0.3 is 6.09 Å². The highest BCUT2D eigenvalue weighted by molar-refractivity contribution is 7.92. The summed E-state index contributed by atoms with van der Waals surface area (Å²) >= 11 is 0. The Morgan fingerprint density at radius 2 is 1.68 bits per heavy atom. The lowest BCUT2D eigenvalue weighted by molar-refractivity contribution is 0.0240. The van der Waals surface area contributed by atoms with Gasteiger partial charge in [-0.15, -0.1) is 0 Å². The molecule has 37 heavy (non-hydrogen) atoms. The Hall–Kier alpha value is -3.60. The van der Waals surface area contributed by atoms with Gasteiger partial charge in [0, 0.05) is 43.8 Å². The van der Waals surface area contributed by atoms with Gasteiger partial charge in [-0.25, -0.2) is 18.2 Å². The van der Waals surface area contributed by atoms with Crippen LogP contribution in [0.4, 0.5) is 22.2 Å². The largest absolute Gasteiger partial charge is 0.444 e. The zero-order valence-corrected chi connectivity index (χ0v) is 22.5. The Morgan fingerprint density at radius 1 is 1.00 bits per heavy atom. The molecule has 1 saturated heterocycles. The highest BCUT2D eigenvalue weighted by Crippen LogP contribution is 2.24. The van der Waals surface area contributed by atoms with E-state index >= 15 is 0 Å². The van der Waals surface area contributed by atoms with Crippen LogP contribution in [0.3, 0.4) is 0 Å². The summed E-state index contributed by atoms with van der Waals surface area (Å²) in [6.45, 7) is 8.55. The average molecular weight is 527 g/mol. The second-order valence-corrected chi connectivity index (χ2v) is 11.8. The van der Waals surface area contributed by atoms with Crippen LogP contribution >= 0.6 is 0 Å². The highest BCUT2D eigenvalue weighted by atomic mass is 32.2. The van der Waals surface area contributed by atoms with Crippen LogP contribution in [0.2, 0.25) is 0 Å². The third-order valence-electron chi connectivity index (χ3n) is 5.77. The van der Waals surface area contributed by atoms with Gasteiger partial charge in [-0.1, -0.05) is 24.3 Å². The van der Waals surface area contributed by atoms with E-state index < -0.39 is 15.6 Å². The van der Waals surface area contributed by atoms with Gasteiger partial charge in [-0.2, -0.15) is 4.98 Å². The van der Waals surface area contributed by atoms with Crippen LogP contribution in [-0.4, -0.2) is 74.0 Å². The molecule has 1 fully saturated rings. The smallest absolute Gasteiger partial charge is 0.410 e. The van der Waals surface area contributed by atoms with E-state index in [0.717, 1.165) is 35.0 Å². The van der Waals surface area contributed by atoms with Crippen LogP contribution in [0, 0.1) is 0 Å². The first-order valence-corrected chi connectivity index (χ1v) is 14.2.